The molecule has 0 spiro atoms. The van der Waals surface area contributed by atoms with Gasteiger partial charge in [-0.3, -0.25) is 9.69 Å². The summed E-state index contributed by atoms with van der Waals surface area (Å²) >= 11 is 0. The number of methoxy groups -OCH3 is 2. The zero-order chi connectivity index (χ0) is 19.4. The third-order valence-electron chi connectivity index (χ3n) is 5.12. The van der Waals surface area contributed by atoms with Gasteiger partial charge in [0, 0.05) is 24.7 Å². The van der Waals surface area contributed by atoms with Crippen molar-refractivity contribution >= 4 is 5.91 Å². The van der Waals surface area contributed by atoms with Crippen LogP contribution in [0.1, 0.15) is 36.0 Å². The van der Waals surface area contributed by atoms with Crippen LogP contribution < -0.4 is 9.47 Å². The molecule has 1 aromatic carbocycles. The molecule has 0 radical (unpaired) electrons. The second-order valence-electron chi connectivity index (χ2n) is 7.00. The van der Waals surface area contributed by atoms with Crippen LogP contribution in [0.15, 0.2) is 34.7 Å². The highest BCUT2D eigenvalue weighted by molar-refractivity contribution is 5.78. The fourth-order valence-corrected chi connectivity index (χ4v) is 3.65. The van der Waals surface area contributed by atoms with E-state index in [1.54, 1.807) is 19.1 Å². The summed E-state index contributed by atoms with van der Waals surface area (Å²) in [5.74, 6) is 3.32. The summed E-state index contributed by atoms with van der Waals surface area (Å²) in [6.07, 6.45) is 2.07. The third kappa shape index (κ3) is 4.45. The van der Waals surface area contributed by atoms with Gasteiger partial charge < -0.3 is 18.8 Å². The molecule has 146 valence electrons. The Morgan fingerprint density at radius 1 is 1.26 bits per heavy atom. The minimum absolute atomic E-state index is 0.0865. The zero-order valence-corrected chi connectivity index (χ0v) is 16.5. The molecule has 0 aliphatic carbocycles. The van der Waals surface area contributed by atoms with Crippen LogP contribution in [0.5, 0.6) is 11.5 Å². The van der Waals surface area contributed by atoms with Gasteiger partial charge in [-0.25, -0.2) is 0 Å². The minimum Gasteiger partial charge on any atom is -0.497 e. The molecule has 6 heteroatoms. The molecular weight excluding hydrogens is 344 g/mol. The summed E-state index contributed by atoms with van der Waals surface area (Å²) in [6, 6.07) is 9.90. The quantitative estimate of drug-likeness (QED) is 0.746. The first-order chi connectivity index (χ1) is 13.0. The molecule has 3 rings (SSSR count). The van der Waals surface area contributed by atoms with Crippen molar-refractivity contribution in [1.29, 1.82) is 0 Å². The van der Waals surface area contributed by atoms with Crippen LogP contribution in [0.4, 0.5) is 0 Å². The van der Waals surface area contributed by atoms with Crippen molar-refractivity contribution in [3.63, 3.8) is 0 Å². The molecule has 1 aliphatic heterocycles. The van der Waals surface area contributed by atoms with E-state index in [-0.39, 0.29) is 11.9 Å². The lowest BCUT2D eigenvalue weighted by Gasteiger charge is -2.27. The Bertz CT molecular complexity index is 786. The Balaban J connectivity index is 1.68. The molecule has 1 aliphatic rings. The predicted octanol–water partition coefficient (Wildman–Crippen LogP) is 3.40. The lowest BCUT2D eigenvalue weighted by atomic mass is 10.0. The van der Waals surface area contributed by atoms with E-state index in [0.717, 1.165) is 48.0 Å². The molecule has 2 heterocycles. The van der Waals surface area contributed by atoms with Crippen LogP contribution >= 0.6 is 0 Å². The number of benzene rings is 1. The van der Waals surface area contributed by atoms with E-state index in [0.29, 0.717) is 13.1 Å². The molecule has 1 amide bonds. The summed E-state index contributed by atoms with van der Waals surface area (Å²) in [5, 5.41) is 0. The summed E-state index contributed by atoms with van der Waals surface area (Å²) < 4.78 is 16.4. The van der Waals surface area contributed by atoms with E-state index in [4.69, 9.17) is 13.9 Å². The summed E-state index contributed by atoms with van der Waals surface area (Å²) in [6.45, 7) is 3.68. The average Bonchev–Trinajstić information content (AvgIpc) is 3.29. The van der Waals surface area contributed by atoms with Gasteiger partial charge in [0.2, 0.25) is 5.91 Å². The number of amides is 1. The van der Waals surface area contributed by atoms with Gasteiger partial charge in [-0.1, -0.05) is 6.07 Å². The van der Waals surface area contributed by atoms with E-state index >= 15 is 0 Å². The molecule has 6 nitrogen and oxygen atoms in total. The average molecular weight is 372 g/mol. The van der Waals surface area contributed by atoms with Crippen molar-refractivity contribution in [2.75, 3.05) is 34.4 Å². The van der Waals surface area contributed by atoms with Crippen molar-refractivity contribution in [2.24, 2.45) is 0 Å². The van der Waals surface area contributed by atoms with Crippen LogP contribution in [0.25, 0.3) is 0 Å². The first-order valence-electron chi connectivity index (χ1n) is 9.27. The van der Waals surface area contributed by atoms with Gasteiger partial charge >= 0.3 is 0 Å². The number of carbonyl (C=O) groups is 1. The Morgan fingerprint density at radius 2 is 2.07 bits per heavy atom. The van der Waals surface area contributed by atoms with Gasteiger partial charge in [-0.15, -0.1) is 0 Å². The summed E-state index contributed by atoms with van der Waals surface area (Å²) in [5.41, 5.74) is 1.10. The first-order valence-corrected chi connectivity index (χ1v) is 9.27. The normalized spacial score (nSPS) is 17.1. The number of hydrogen-bond acceptors (Lipinski definition) is 5. The van der Waals surface area contributed by atoms with Crippen molar-refractivity contribution in [2.45, 2.75) is 32.4 Å². The van der Waals surface area contributed by atoms with Crippen LogP contribution in [-0.2, 0) is 11.3 Å². The highest BCUT2D eigenvalue weighted by Crippen LogP contribution is 2.38. The van der Waals surface area contributed by atoms with Gasteiger partial charge in [0.05, 0.1) is 27.3 Å². The molecule has 0 saturated carbocycles. The molecule has 0 N–H and O–H groups in total. The molecular formula is C21H28N2O4. The first kappa shape index (κ1) is 19.3. The lowest BCUT2D eigenvalue weighted by Crippen LogP contribution is -2.37. The molecule has 1 aromatic heterocycles. The number of furan rings is 1. The van der Waals surface area contributed by atoms with Crippen molar-refractivity contribution in [1.82, 2.24) is 9.80 Å². The highest BCUT2D eigenvalue weighted by atomic mass is 16.5. The smallest absolute Gasteiger partial charge is 0.236 e. The van der Waals surface area contributed by atoms with Crippen LogP contribution in [0.2, 0.25) is 0 Å². The molecule has 1 unspecified atom stereocenters. The van der Waals surface area contributed by atoms with Gasteiger partial charge in [0.1, 0.15) is 23.0 Å². The number of hydrogen-bond donors (Lipinski definition) is 0. The zero-order valence-electron chi connectivity index (χ0n) is 16.5. The van der Waals surface area contributed by atoms with Crippen molar-refractivity contribution < 1.29 is 18.7 Å². The maximum Gasteiger partial charge on any atom is 0.236 e. The third-order valence-corrected chi connectivity index (χ3v) is 5.12. The number of likely N-dealkylation sites (tertiary alicyclic amines) is 1. The minimum atomic E-state index is 0.0865. The monoisotopic (exact) mass is 372 g/mol. The molecule has 1 fully saturated rings. The van der Waals surface area contributed by atoms with E-state index in [1.165, 1.54) is 0 Å². The molecule has 1 saturated heterocycles. The highest BCUT2D eigenvalue weighted by Gasteiger charge is 2.30. The van der Waals surface area contributed by atoms with Crippen molar-refractivity contribution in [3.8, 4) is 11.5 Å². The number of likely N-dealkylation sites (N-methyl/N-ethyl adjacent to an activating group) is 1. The second-order valence-corrected chi connectivity index (χ2v) is 7.00. The Morgan fingerprint density at radius 3 is 2.74 bits per heavy atom. The van der Waals surface area contributed by atoms with Gasteiger partial charge in [0.25, 0.3) is 0 Å². The van der Waals surface area contributed by atoms with Gasteiger partial charge in [0.15, 0.2) is 0 Å². The molecule has 2 aromatic rings. The standard InChI is InChI=1S/C21H28N2O4/c1-15-7-8-17(27-15)13-22(2)21(24)14-23-11-5-6-19(23)18-10-9-16(25-3)12-20(18)26-4/h7-10,12,19H,5-6,11,13-14H2,1-4H3. The van der Waals surface area contributed by atoms with E-state index < -0.39 is 0 Å². The summed E-state index contributed by atoms with van der Waals surface area (Å²) in [4.78, 5) is 16.7. The van der Waals surface area contributed by atoms with Crippen LogP contribution in [0, 0.1) is 6.92 Å². The fraction of sp³-hybridized carbons (Fsp3) is 0.476. The number of aryl methyl sites for hydroxylation is 1. The number of nitrogens with zero attached hydrogens (tertiary/aromatic N) is 2. The van der Waals surface area contributed by atoms with E-state index in [2.05, 4.69) is 4.90 Å². The maximum atomic E-state index is 12.7. The van der Waals surface area contributed by atoms with Gasteiger partial charge in [-0.05, 0) is 44.5 Å². The van der Waals surface area contributed by atoms with E-state index in [9.17, 15) is 4.79 Å². The van der Waals surface area contributed by atoms with Crippen LogP contribution in [0.3, 0.4) is 0 Å². The number of ether oxygens (including phenoxy) is 2. The SMILES string of the molecule is COc1ccc(C2CCCN2CC(=O)N(C)Cc2ccc(C)o2)c(OC)c1. The fourth-order valence-electron chi connectivity index (χ4n) is 3.65. The molecule has 0 bridgehead atoms. The number of rotatable bonds is 7. The maximum absolute atomic E-state index is 12.7. The lowest BCUT2D eigenvalue weighted by molar-refractivity contribution is -0.132. The summed E-state index contributed by atoms with van der Waals surface area (Å²) in [7, 11) is 5.13. The number of carbonyl (C=O) groups excluding carboxylic acids is 1. The van der Waals surface area contributed by atoms with Gasteiger partial charge in [-0.2, -0.15) is 0 Å². The predicted molar refractivity (Wildman–Crippen MR) is 103 cm³/mol. The second kappa shape index (κ2) is 8.48. The topological polar surface area (TPSA) is 55.2 Å². The molecule has 1 atom stereocenters. The Hall–Kier alpha value is -2.47. The van der Waals surface area contributed by atoms with Crippen LogP contribution in [-0.4, -0.2) is 50.1 Å². The largest absolute Gasteiger partial charge is 0.497 e. The van der Waals surface area contributed by atoms with Crippen molar-refractivity contribution in [3.05, 3.63) is 47.4 Å². The molecule has 27 heavy (non-hydrogen) atoms. The Kier molecular flexibility index (Phi) is 6.06. The Labute approximate surface area is 160 Å². The van der Waals surface area contributed by atoms with E-state index in [1.807, 2.05) is 44.3 Å².